The summed E-state index contributed by atoms with van der Waals surface area (Å²) in [7, 11) is -1.47. The molecule has 0 spiro atoms. The monoisotopic (exact) mass is 415 g/mol. The Balaban J connectivity index is 1.58. The minimum Gasteiger partial charge on any atom is -0.423 e. The normalized spacial score (nSPS) is 10.8. The Labute approximate surface area is 188 Å². The van der Waals surface area contributed by atoms with E-state index >= 15 is 0 Å². The van der Waals surface area contributed by atoms with Gasteiger partial charge in [-0.1, -0.05) is 84.9 Å². The summed E-state index contributed by atoms with van der Waals surface area (Å²) in [5, 5.41) is 21.0. The van der Waals surface area contributed by atoms with E-state index in [-0.39, 0.29) is 0 Å². The summed E-state index contributed by atoms with van der Waals surface area (Å²) in [4.78, 5) is 2.23. The zero-order valence-electron chi connectivity index (χ0n) is 17.5. The summed E-state index contributed by atoms with van der Waals surface area (Å²) >= 11 is 0. The van der Waals surface area contributed by atoms with E-state index in [1.807, 2.05) is 42.5 Å². The van der Waals surface area contributed by atoms with Crippen LogP contribution in [0.5, 0.6) is 0 Å². The highest BCUT2D eigenvalue weighted by Crippen LogP contribution is 2.36. The zero-order valence-corrected chi connectivity index (χ0v) is 17.5. The van der Waals surface area contributed by atoms with Crippen molar-refractivity contribution in [2.45, 2.75) is 0 Å². The molecule has 0 fully saturated rings. The van der Waals surface area contributed by atoms with Gasteiger partial charge in [-0.3, -0.25) is 0 Å². The third-order valence-electron chi connectivity index (χ3n) is 5.65. The molecule has 0 radical (unpaired) electrons. The molecule has 5 aromatic carbocycles. The van der Waals surface area contributed by atoms with Gasteiger partial charge in [-0.2, -0.15) is 0 Å². The predicted octanol–water partition coefficient (Wildman–Crippen LogP) is 5.66. The van der Waals surface area contributed by atoms with Crippen molar-refractivity contribution in [3.63, 3.8) is 0 Å². The highest BCUT2D eigenvalue weighted by atomic mass is 16.4. The molecule has 0 amide bonds. The van der Waals surface area contributed by atoms with E-state index in [1.165, 1.54) is 11.1 Å². The van der Waals surface area contributed by atoms with Crippen molar-refractivity contribution in [2.75, 3.05) is 4.90 Å². The van der Waals surface area contributed by atoms with Gasteiger partial charge in [0.05, 0.1) is 0 Å². The molecular formula is C28H22BNO2. The molecule has 0 atom stereocenters. The summed E-state index contributed by atoms with van der Waals surface area (Å²) in [6.45, 7) is 0. The first kappa shape index (κ1) is 20.1. The molecule has 0 saturated heterocycles. The highest BCUT2D eigenvalue weighted by molar-refractivity contribution is 6.58. The molecule has 154 valence electrons. The fourth-order valence-electron chi connectivity index (χ4n) is 4.01. The molecule has 5 aromatic rings. The quantitative estimate of drug-likeness (QED) is 0.364. The van der Waals surface area contributed by atoms with Crippen molar-refractivity contribution in [3.05, 3.63) is 121 Å². The lowest BCUT2D eigenvalue weighted by Crippen LogP contribution is -2.29. The van der Waals surface area contributed by atoms with Gasteiger partial charge in [0.15, 0.2) is 0 Å². The standard InChI is InChI=1S/C28H22BNO2/c31-29(32)25-15-11-24-20-28(18-14-23(24)19-25)30(26-9-5-2-6-10-26)27-16-12-22(13-17-27)21-7-3-1-4-8-21/h1-20,31-32H. The number of benzene rings is 5. The van der Waals surface area contributed by atoms with Crippen LogP contribution < -0.4 is 10.4 Å². The molecule has 0 aliphatic carbocycles. The van der Waals surface area contributed by atoms with Crippen LogP contribution in [0.1, 0.15) is 0 Å². The number of nitrogens with zero attached hydrogens (tertiary/aromatic N) is 1. The van der Waals surface area contributed by atoms with Gasteiger partial charge in [0.2, 0.25) is 0 Å². The Bertz CT molecular complexity index is 1340. The van der Waals surface area contributed by atoms with Crippen LogP contribution in [0, 0.1) is 0 Å². The van der Waals surface area contributed by atoms with Crippen LogP contribution in [0.25, 0.3) is 21.9 Å². The van der Waals surface area contributed by atoms with Crippen molar-refractivity contribution >= 4 is 40.4 Å². The average molecular weight is 415 g/mol. The number of anilines is 3. The summed E-state index contributed by atoms with van der Waals surface area (Å²) < 4.78 is 0. The molecule has 4 heteroatoms. The van der Waals surface area contributed by atoms with Gasteiger partial charge in [-0.15, -0.1) is 0 Å². The summed E-state index contributed by atoms with van der Waals surface area (Å²) in [5.41, 5.74) is 6.03. The molecule has 0 bridgehead atoms. The van der Waals surface area contributed by atoms with Crippen LogP contribution >= 0.6 is 0 Å². The van der Waals surface area contributed by atoms with Crippen LogP contribution in [-0.4, -0.2) is 17.2 Å². The van der Waals surface area contributed by atoms with Gasteiger partial charge in [0, 0.05) is 17.1 Å². The van der Waals surface area contributed by atoms with Crippen LogP contribution in [0.4, 0.5) is 17.1 Å². The number of hydrogen-bond acceptors (Lipinski definition) is 3. The second-order valence-electron chi connectivity index (χ2n) is 7.75. The number of rotatable bonds is 5. The fraction of sp³-hybridized carbons (Fsp3) is 0. The Hall–Kier alpha value is -3.86. The van der Waals surface area contributed by atoms with E-state index in [2.05, 4.69) is 77.7 Å². The zero-order chi connectivity index (χ0) is 21.9. The summed E-state index contributed by atoms with van der Waals surface area (Å²) in [6.07, 6.45) is 0. The van der Waals surface area contributed by atoms with E-state index < -0.39 is 7.12 Å². The minimum absolute atomic E-state index is 0.488. The number of fused-ring (bicyclic) bond motifs is 1. The Morgan fingerprint density at radius 1 is 0.469 bits per heavy atom. The molecular weight excluding hydrogens is 393 g/mol. The molecule has 0 unspecified atom stereocenters. The third kappa shape index (κ3) is 4.02. The maximum absolute atomic E-state index is 9.48. The highest BCUT2D eigenvalue weighted by Gasteiger charge is 2.15. The molecule has 5 rings (SSSR count). The molecule has 3 nitrogen and oxygen atoms in total. The Morgan fingerprint density at radius 3 is 1.69 bits per heavy atom. The van der Waals surface area contributed by atoms with Crippen molar-refractivity contribution in [2.24, 2.45) is 0 Å². The lowest BCUT2D eigenvalue weighted by atomic mass is 9.79. The van der Waals surface area contributed by atoms with Gasteiger partial charge in [0.1, 0.15) is 0 Å². The minimum atomic E-state index is -1.47. The fourth-order valence-corrected chi connectivity index (χ4v) is 4.01. The molecule has 0 aromatic heterocycles. The second kappa shape index (κ2) is 8.71. The lowest BCUT2D eigenvalue weighted by Gasteiger charge is -2.26. The predicted molar refractivity (Wildman–Crippen MR) is 134 cm³/mol. The maximum atomic E-state index is 9.48. The first-order valence-electron chi connectivity index (χ1n) is 10.6. The molecule has 0 aliphatic rings. The largest absolute Gasteiger partial charge is 0.488 e. The van der Waals surface area contributed by atoms with Crippen molar-refractivity contribution in [3.8, 4) is 11.1 Å². The number of para-hydroxylation sites is 1. The molecule has 0 aliphatic heterocycles. The number of hydrogen-bond donors (Lipinski definition) is 2. The molecule has 0 heterocycles. The van der Waals surface area contributed by atoms with E-state index in [9.17, 15) is 10.0 Å². The first-order chi connectivity index (χ1) is 15.7. The topological polar surface area (TPSA) is 43.7 Å². The van der Waals surface area contributed by atoms with Gasteiger partial charge in [0.25, 0.3) is 0 Å². The van der Waals surface area contributed by atoms with Gasteiger partial charge in [-0.25, -0.2) is 0 Å². The van der Waals surface area contributed by atoms with Crippen LogP contribution in [0.2, 0.25) is 0 Å². The Kier molecular flexibility index (Phi) is 5.47. The summed E-state index contributed by atoms with van der Waals surface area (Å²) in [6, 6.07) is 40.9. The van der Waals surface area contributed by atoms with Gasteiger partial charge < -0.3 is 14.9 Å². The van der Waals surface area contributed by atoms with E-state index in [0.717, 1.165) is 27.8 Å². The van der Waals surface area contributed by atoms with E-state index in [0.29, 0.717) is 5.46 Å². The van der Waals surface area contributed by atoms with Crippen molar-refractivity contribution in [1.82, 2.24) is 0 Å². The van der Waals surface area contributed by atoms with E-state index in [1.54, 1.807) is 6.07 Å². The van der Waals surface area contributed by atoms with Gasteiger partial charge >= 0.3 is 7.12 Å². The van der Waals surface area contributed by atoms with Crippen LogP contribution in [0.15, 0.2) is 121 Å². The first-order valence-corrected chi connectivity index (χ1v) is 10.6. The average Bonchev–Trinajstić information content (AvgIpc) is 2.85. The molecule has 32 heavy (non-hydrogen) atoms. The van der Waals surface area contributed by atoms with Crippen molar-refractivity contribution in [1.29, 1.82) is 0 Å². The smallest absolute Gasteiger partial charge is 0.423 e. The lowest BCUT2D eigenvalue weighted by molar-refractivity contribution is 0.426. The van der Waals surface area contributed by atoms with Crippen LogP contribution in [0.3, 0.4) is 0 Å². The molecule has 2 N–H and O–H groups in total. The van der Waals surface area contributed by atoms with Crippen molar-refractivity contribution < 1.29 is 10.0 Å². The molecule has 0 saturated carbocycles. The maximum Gasteiger partial charge on any atom is 0.488 e. The summed E-state index contributed by atoms with van der Waals surface area (Å²) in [5.74, 6) is 0. The Morgan fingerprint density at radius 2 is 1.00 bits per heavy atom. The van der Waals surface area contributed by atoms with E-state index in [4.69, 9.17) is 0 Å². The SMILES string of the molecule is OB(O)c1ccc2cc(N(c3ccccc3)c3ccc(-c4ccccc4)cc3)ccc2c1. The van der Waals surface area contributed by atoms with Crippen LogP contribution in [-0.2, 0) is 0 Å². The third-order valence-corrected chi connectivity index (χ3v) is 5.65. The van der Waals surface area contributed by atoms with Gasteiger partial charge in [-0.05, 0) is 63.8 Å². The second-order valence-corrected chi connectivity index (χ2v) is 7.75.